The van der Waals surface area contributed by atoms with Crippen molar-refractivity contribution in [2.24, 2.45) is 0 Å². The number of unbranched alkanes of at least 4 members (excludes halogenated alkanes) is 26. The topological polar surface area (TPSA) is 237 Å². The van der Waals surface area contributed by atoms with Crippen LogP contribution in [0.3, 0.4) is 0 Å². The maximum absolute atomic E-state index is 13.1. The van der Waals surface area contributed by atoms with Crippen LogP contribution in [0.4, 0.5) is 0 Å². The Morgan fingerprint density at radius 3 is 0.948 bits per heavy atom. The summed E-state index contributed by atoms with van der Waals surface area (Å²) < 4.78 is 68.2. The van der Waals surface area contributed by atoms with Crippen LogP contribution in [-0.4, -0.2) is 96.7 Å². The second-order valence-corrected chi connectivity index (χ2v) is 27.4. The summed E-state index contributed by atoms with van der Waals surface area (Å²) in [7, 11) is -9.97. The molecule has 0 aliphatic heterocycles. The lowest BCUT2D eigenvalue weighted by Gasteiger charge is -2.21. The van der Waals surface area contributed by atoms with E-state index in [1.807, 2.05) is 18.2 Å². The minimum atomic E-state index is -4.99. The normalized spacial score (nSPS) is 14.6. The van der Waals surface area contributed by atoms with Gasteiger partial charge in [0, 0.05) is 19.3 Å². The molecule has 5 atom stereocenters. The van der Waals surface area contributed by atoms with Gasteiger partial charge in [-0.05, 0) is 109 Å². The molecule has 0 spiro atoms. The average Bonchev–Trinajstić information content (AvgIpc) is 1.10. The highest BCUT2D eigenvalue weighted by Crippen LogP contribution is 2.45. The smallest absolute Gasteiger partial charge is 0.462 e. The summed E-state index contributed by atoms with van der Waals surface area (Å²) in [4.78, 5) is 72.6. The number of allylic oxidation sites excluding steroid dienone is 17. The van der Waals surface area contributed by atoms with Crippen molar-refractivity contribution >= 4 is 39.5 Å². The van der Waals surface area contributed by atoms with Gasteiger partial charge in [0.1, 0.15) is 19.3 Å². The lowest BCUT2D eigenvalue weighted by molar-refractivity contribution is -0.161. The minimum Gasteiger partial charge on any atom is -0.462 e. The third kappa shape index (κ3) is 68.3. The Kier molecular flexibility index (Phi) is 66.1. The van der Waals surface area contributed by atoms with E-state index >= 15 is 0 Å². The van der Waals surface area contributed by atoms with E-state index in [2.05, 4.69) is 113 Å². The zero-order valence-corrected chi connectivity index (χ0v) is 61.8. The summed E-state index contributed by atoms with van der Waals surface area (Å²) in [6.45, 7) is 4.49. The first-order valence-electron chi connectivity index (χ1n) is 37.1. The fourth-order valence-corrected chi connectivity index (χ4v) is 11.2. The molecule has 17 nitrogen and oxygen atoms in total. The molecule has 0 saturated heterocycles. The quantitative estimate of drug-likeness (QED) is 0.0169. The Morgan fingerprint density at radius 1 is 0.312 bits per heavy atom. The molecule has 0 aromatic carbocycles. The predicted octanol–water partition coefficient (Wildman–Crippen LogP) is 21.0. The summed E-state index contributed by atoms with van der Waals surface area (Å²) >= 11 is 0. The third-order valence-electron chi connectivity index (χ3n) is 15.3. The first-order chi connectivity index (χ1) is 46.7. The zero-order valence-electron chi connectivity index (χ0n) is 60.0. The minimum absolute atomic E-state index is 0.0697. The SMILES string of the molecule is CC/C=C\C/C=C\C/C=C\C/C=C\C/C=C\CC(=O)OCC(COP(=O)(O)OCC(O)COP(=O)(O)OCC(COC(=O)CCCCCCCCC/C=C\C/C=C\C/C=C\CC)OC(=O)CCCCCCC/C=C\CCCCCC)OC(=O)CCCCCCCCCCCCC. The van der Waals surface area contributed by atoms with Gasteiger partial charge in [-0.3, -0.25) is 37.3 Å². The van der Waals surface area contributed by atoms with Gasteiger partial charge in [-0.25, -0.2) is 9.13 Å². The number of hydrogen-bond donors (Lipinski definition) is 3. The first kappa shape index (κ1) is 91.7. The van der Waals surface area contributed by atoms with E-state index in [0.29, 0.717) is 25.7 Å². The van der Waals surface area contributed by atoms with Crippen molar-refractivity contribution in [3.8, 4) is 0 Å². The molecule has 0 heterocycles. The number of ether oxygens (including phenoxy) is 4. The van der Waals surface area contributed by atoms with Crippen LogP contribution in [-0.2, 0) is 65.4 Å². The van der Waals surface area contributed by atoms with Crippen LogP contribution in [0.25, 0.3) is 0 Å². The van der Waals surface area contributed by atoms with E-state index in [1.165, 1.54) is 64.2 Å². The Labute approximate surface area is 581 Å². The molecule has 3 N–H and O–H groups in total. The van der Waals surface area contributed by atoms with Gasteiger partial charge in [0.05, 0.1) is 32.8 Å². The molecule has 0 rings (SSSR count). The van der Waals surface area contributed by atoms with E-state index in [0.717, 1.165) is 154 Å². The Balaban J connectivity index is 5.38. The number of esters is 4. The Bertz CT molecular complexity index is 2250. The van der Waals surface area contributed by atoms with E-state index in [4.69, 9.17) is 37.0 Å². The highest BCUT2D eigenvalue weighted by atomic mass is 31.2. The fourth-order valence-electron chi connectivity index (χ4n) is 9.65. The Morgan fingerprint density at radius 2 is 0.583 bits per heavy atom. The van der Waals surface area contributed by atoms with Crippen molar-refractivity contribution in [1.29, 1.82) is 0 Å². The Hall–Kier alpha value is -4.28. The molecule has 0 aromatic heterocycles. The highest BCUT2D eigenvalue weighted by Gasteiger charge is 2.30. The standard InChI is InChI=1S/C77H132O17P2/c1-5-9-13-17-21-25-29-32-34-35-37-40-43-46-50-54-58-62-75(80)88-68-73(94-77(82)64-60-56-52-48-44-38-31-27-23-19-15-11-7-3)70-92-96(85,86)90-66-71(78)65-89-95(83,84)91-69-72(93-76(81)63-59-55-51-47-41-28-24-20-16-12-8-4)67-87-74(79)61-57-53-49-45-42-39-36-33-30-26-22-18-14-10-6-2/h9-10,13-14,21-22,25-27,31-34,36,42,45,53,57,71-73,78H,5-8,11-12,15-20,23-24,28-30,35,37-41,43-44,46-52,54-56,58-70H2,1-4H3,(H,83,84)(H,85,86)/b13-9-,14-10-,25-21-,26-22-,31-27-,34-32-,36-33-,45-42-,57-53-. The summed E-state index contributed by atoms with van der Waals surface area (Å²) in [6.07, 6.45) is 72.6. The van der Waals surface area contributed by atoms with Crippen molar-refractivity contribution < 1.29 is 80.2 Å². The molecule has 0 aromatic rings. The molecule has 552 valence electrons. The lowest BCUT2D eigenvalue weighted by atomic mass is 10.1. The van der Waals surface area contributed by atoms with Gasteiger partial charge < -0.3 is 33.8 Å². The molecule has 0 aliphatic rings. The van der Waals surface area contributed by atoms with Crippen molar-refractivity contribution in [1.82, 2.24) is 0 Å². The van der Waals surface area contributed by atoms with Crippen molar-refractivity contribution in [3.63, 3.8) is 0 Å². The van der Waals surface area contributed by atoms with Gasteiger partial charge in [-0.1, -0.05) is 272 Å². The number of aliphatic hydroxyl groups is 1. The van der Waals surface area contributed by atoms with E-state index in [9.17, 15) is 43.2 Å². The highest BCUT2D eigenvalue weighted by molar-refractivity contribution is 7.47. The van der Waals surface area contributed by atoms with Crippen LogP contribution in [0.1, 0.15) is 297 Å². The molecule has 0 bridgehead atoms. The lowest BCUT2D eigenvalue weighted by Crippen LogP contribution is -2.30. The molecule has 5 unspecified atom stereocenters. The number of carbonyl (C=O) groups excluding carboxylic acids is 4. The number of phosphoric acid groups is 2. The van der Waals surface area contributed by atoms with Gasteiger partial charge >= 0.3 is 39.5 Å². The first-order valence-corrected chi connectivity index (χ1v) is 40.1. The van der Waals surface area contributed by atoms with Gasteiger partial charge in [-0.15, -0.1) is 0 Å². The maximum Gasteiger partial charge on any atom is 0.472 e. The van der Waals surface area contributed by atoms with E-state index in [-0.39, 0.29) is 25.7 Å². The number of carbonyl (C=O) groups is 4. The van der Waals surface area contributed by atoms with Crippen LogP contribution in [0.15, 0.2) is 109 Å². The third-order valence-corrected chi connectivity index (χ3v) is 17.2. The van der Waals surface area contributed by atoms with Crippen LogP contribution < -0.4 is 0 Å². The number of hydrogen-bond acceptors (Lipinski definition) is 15. The van der Waals surface area contributed by atoms with E-state index in [1.54, 1.807) is 6.08 Å². The van der Waals surface area contributed by atoms with Crippen molar-refractivity contribution in [2.45, 2.75) is 316 Å². The number of phosphoric ester groups is 2. The molecule has 96 heavy (non-hydrogen) atoms. The summed E-state index contributed by atoms with van der Waals surface area (Å²) in [5.41, 5.74) is 0. The average molecular weight is 1390 g/mol. The number of rotatable bonds is 69. The van der Waals surface area contributed by atoms with Crippen LogP contribution >= 0.6 is 15.6 Å². The second kappa shape index (κ2) is 69.2. The molecular formula is C77H132O17P2. The molecule has 19 heteroatoms. The zero-order chi connectivity index (χ0) is 70.4. The molecule has 0 fully saturated rings. The molecule has 0 radical (unpaired) electrons. The van der Waals surface area contributed by atoms with Gasteiger partial charge in [0.25, 0.3) is 0 Å². The maximum atomic E-state index is 13.1. The predicted molar refractivity (Wildman–Crippen MR) is 390 cm³/mol. The molecule has 0 saturated carbocycles. The number of aliphatic hydroxyl groups excluding tert-OH is 1. The molecule has 0 aliphatic carbocycles. The van der Waals surface area contributed by atoms with Gasteiger partial charge in [0.2, 0.25) is 0 Å². The van der Waals surface area contributed by atoms with E-state index < -0.39 is 97.5 Å². The second-order valence-electron chi connectivity index (χ2n) is 24.5. The molecule has 0 amide bonds. The summed E-state index contributed by atoms with van der Waals surface area (Å²) in [5, 5.41) is 10.6. The summed E-state index contributed by atoms with van der Waals surface area (Å²) in [6, 6.07) is 0. The van der Waals surface area contributed by atoms with Crippen LogP contribution in [0, 0.1) is 0 Å². The summed E-state index contributed by atoms with van der Waals surface area (Å²) in [5.74, 6) is -2.34. The van der Waals surface area contributed by atoms with Gasteiger partial charge in [-0.2, -0.15) is 0 Å². The monoisotopic (exact) mass is 1390 g/mol. The van der Waals surface area contributed by atoms with Crippen molar-refractivity contribution in [3.05, 3.63) is 109 Å². The molecular weight excluding hydrogens is 1260 g/mol. The fraction of sp³-hybridized carbons (Fsp3) is 0.714. The van der Waals surface area contributed by atoms with Gasteiger partial charge in [0.15, 0.2) is 12.2 Å². The van der Waals surface area contributed by atoms with Crippen LogP contribution in [0.2, 0.25) is 0 Å². The van der Waals surface area contributed by atoms with Crippen LogP contribution in [0.5, 0.6) is 0 Å². The largest absolute Gasteiger partial charge is 0.472 e. The van der Waals surface area contributed by atoms with Crippen molar-refractivity contribution in [2.75, 3.05) is 39.6 Å².